The van der Waals surface area contributed by atoms with Crippen molar-refractivity contribution in [2.75, 3.05) is 13.7 Å². The van der Waals surface area contributed by atoms with Gasteiger partial charge >= 0.3 is 0 Å². The molecule has 0 bridgehead atoms. The minimum absolute atomic E-state index is 0.0315. The van der Waals surface area contributed by atoms with E-state index in [0.29, 0.717) is 0 Å². The largest absolute Gasteiger partial charge is 0.377 e. The number of benzene rings is 2. The van der Waals surface area contributed by atoms with E-state index in [-0.39, 0.29) is 12.4 Å². The Morgan fingerprint density at radius 3 is 2.39 bits per heavy atom. The lowest BCUT2D eigenvalue weighted by molar-refractivity contribution is 0.0847. The lowest BCUT2D eigenvalue weighted by Gasteiger charge is -2.08. The van der Waals surface area contributed by atoms with Crippen molar-refractivity contribution in [3.05, 3.63) is 71.3 Å². The van der Waals surface area contributed by atoms with Crippen LogP contribution in [0.25, 0.3) is 0 Å². The van der Waals surface area contributed by atoms with E-state index in [1.807, 2.05) is 42.5 Å². The van der Waals surface area contributed by atoms with Crippen LogP contribution >= 0.6 is 0 Å². The van der Waals surface area contributed by atoms with Crippen molar-refractivity contribution >= 4 is 5.78 Å². The highest BCUT2D eigenvalue weighted by Gasteiger charge is 2.10. The lowest BCUT2D eigenvalue weighted by atomic mass is 9.97. The number of carbonyl (C=O) groups is 1. The van der Waals surface area contributed by atoms with E-state index in [1.54, 1.807) is 0 Å². The maximum absolute atomic E-state index is 11.9. The van der Waals surface area contributed by atoms with Gasteiger partial charge in [-0.1, -0.05) is 54.6 Å². The first-order valence-corrected chi connectivity index (χ1v) is 5.95. The second-order valence-corrected chi connectivity index (χ2v) is 4.18. The average molecular weight is 240 g/mol. The Morgan fingerprint density at radius 1 is 1.00 bits per heavy atom. The van der Waals surface area contributed by atoms with Crippen LogP contribution in [-0.2, 0) is 11.2 Å². The zero-order chi connectivity index (χ0) is 12.8. The topological polar surface area (TPSA) is 26.3 Å². The molecule has 0 saturated heterocycles. The molecule has 0 aliphatic heterocycles. The van der Waals surface area contributed by atoms with E-state index in [4.69, 9.17) is 4.74 Å². The van der Waals surface area contributed by atoms with Crippen molar-refractivity contribution in [1.82, 2.24) is 0 Å². The fourth-order valence-electron chi connectivity index (χ4n) is 1.97. The van der Waals surface area contributed by atoms with Crippen LogP contribution in [0.2, 0.25) is 0 Å². The molecule has 0 atom stereocenters. The van der Waals surface area contributed by atoms with Crippen molar-refractivity contribution in [2.24, 2.45) is 0 Å². The molecule has 0 spiro atoms. The van der Waals surface area contributed by atoms with E-state index < -0.39 is 0 Å². The zero-order valence-electron chi connectivity index (χ0n) is 10.4. The van der Waals surface area contributed by atoms with Crippen LogP contribution in [0, 0.1) is 0 Å². The first kappa shape index (κ1) is 12.5. The van der Waals surface area contributed by atoms with Gasteiger partial charge in [-0.05, 0) is 17.5 Å². The van der Waals surface area contributed by atoms with E-state index in [9.17, 15) is 4.79 Å². The molecule has 92 valence electrons. The smallest absolute Gasteiger partial charge is 0.188 e. The molecule has 2 heteroatoms. The Balaban J connectivity index is 2.25. The van der Waals surface area contributed by atoms with Gasteiger partial charge in [-0.15, -0.1) is 0 Å². The van der Waals surface area contributed by atoms with Crippen LogP contribution in [0.1, 0.15) is 21.5 Å². The molecule has 2 rings (SSSR count). The third kappa shape index (κ3) is 3.05. The van der Waals surface area contributed by atoms with Crippen LogP contribution in [-0.4, -0.2) is 19.5 Å². The van der Waals surface area contributed by atoms with Crippen molar-refractivity contribution in [3.63, 3.8) is 0 Å². The first-order chi connectivity index (χ1) is 8.81. The van der Waals surface area contributed by atoms with E-state index in [2.05, 4.69) is 12.1 Å². The van der Waals surface area contributed by atoms with Crippen LogP contribution in [0.3, 0.4) is 0 Å². The highest BCUT2D eigenvalue weighted by molar-refractivity contribution is 5.98. The van der Waals surface area contributed by atoms with Gasteiger partial charge in [0.05, 0.1) is 0 Å². The summed E-state index contributed by atoms with van der Waals surface area (Å²) >= 11 is 0. The molecule has 0 fully saturated rings. The molecular weight excluding hydrogens is 224 g/mol. The van der Waals surface area contributed by atoms with Gasteiger partial charge in [0.15, 0.2) is 5.78 Å². The molecular formula is C16H16O2. The van der Waals surface area contributed by atoms with E-state index in [1.165, 1.54) is 12.7 Å². The summed E-state index contributed by atoms with van der Waals surface area (Å²) in [5, 5.41) is 0. The molecule has 2 aromatic carbocycles. The van der Waals surface area contributed by atoms with Crippen molar-refractivity contribution < 1.29 is 9.53 Å². The lowest BCUT2D eigenvalue weighted by Crippen LogP contribution is -2.10. The third-order valence-electron chi connectivity index (χ3n) is 2.83. The number of methoxy groups -OCH3 is 1. The van der Waals surface area contributed by atoms with Crippen LogP contribution in [0.15, 0.2) is 54.6 Å². The summed E-state index contributed by atoms with van der Waals surface area (Å²) in [6.45, 7) is 0.131. The van der Waals surface area contributed by atoms with Gasteiger partial charge in [-0.2, -0.15) is 0 Å². The zero-order valence-corrected chi connectivity index (χ0v) is 10.4. The number of carbonyl (C=O) groups excluding carboxylic acids is 1. The summed E-state index contributed by atoms with van der Waals surface area (Å²) in [7, 11) is 1.54. The summed E-state index contributed by atoms with van der Waals surface area (Å²) < 4.78 is 4.91. The molecule has 0 radical (unpaired) electrons. The normalized spacial score (nSPS) is 10.3. The fourth-order valence-corrected chi connectivity index (χ4v) is 1.97. The fraction of sp³-hybridized carbons (Fsp3) is 0.188. The molecule has 0 aromatic heterocycles. The maximum Gasteiger partial charge on any atom is 0.188 e. The van der Waals surface area contributed by atoms with Crippen molar-refractivity contribution in [2.45, 2.75) is 6.42 Å². The van der Waals surface area contributed by atoms with Crippen LogP contribution < -0.4 is 0 Å². The molecule has 2 aromatic rings. The standard InChI is InChI=1S/C16H16O2/c1-18-12-16(17)15-10-6-5-9-14(15)11-13-7-3-2-4-8-13/h2-10H,11-12H2,1H3. The molecule has 0 saturated carbocycles. The van der Waals surface area contributed by atoms with Gasteiger partial charge in [-0.3, -0.25) is 4.79 Å². The molecule has 2 nitrogen and oxygen atoms in total. The van der Waals surface area contributed by atoms with Crippen molar-refractivity contribution in [3.8, 4) is 0 Å². The molecule has 18 heavy (non-hydrogen) atoms. The van der Waals surface area contributed by atoms with Gasteiger partial charge in [0.1, 0.15) is 6.61 Å². The minimum Gasteiger partial charge on any atom is -0.377 e. The van der Waals surface area contributed by atoms with Crippen molar-refractivity contribution in [1.29, 1.82) is 0 Å². The highest BCUT2D eigenvalue weighted by Crippen LogP contribution is 2.15. The number of ketones is 1. The Bertz CT molecular complexity index is 518. The highest BCUT2D eigenvalue weighted by atomic mass is 16.5. The van der Waals surface area contributed by atoms with Gasteiger partial charge in [0.25, 0.3) is 0 Å². The SMILES string of the molecule is COCC(=O)c1ccccc1Cc1ccccc1. The predicted molar refractivity (Wildman–Crippen MR) is 71.9 cm³/mol. The minimum atomic E-state index is 0.0315. The Labute approximate surface area is 107 Å². The molecule has 0 aliphatic rings. The van der Waals surface area contributed by atoms with Crippen LogP contribution in [0.5, 0.6) is 0 Å². The summed E-state index contributed by atoms with van der Waals surface area (Å²) in [6.07, 6.45) is 0.770. The van der Waals surface area contributed by atoms with Gasteiger partial charge in [-0.25, -0.2) is 0 Å². The number of Topliss-reactive ketones (excluding diaryl/α,β-unsaturated/α-hetero) is 1. The second-order valence-electron chi connectivity index (χ2n) is 4.18. The summed E-state index contributed by atoms with van der Waals surface area (Å²) in [6, 6.07) is 17.8. The Hall–Kier alpha value is -1.93. The summed E-state index contributed by atoms with van der Waals surface area (Å²) in [5.74, 6) is 0.0315. The van der Waals surface area contributed by atoms with Gasteiger partial charge in [0.2, 0.25) is 0 Å². The Kier molecular flexibility index (Phi) is 4.26. The van der Waals surface area contributed by atoms with Gasteiger partial charge < -0.3 is 4.74 Å². The first-order valence-electron chi connectivity index (χ1n) is 5.95. The van der Waals surface area contributed by atoms with E-state index in [0.717, 1.165) is 17.5 Å². The number of ether oxygens (including phenoxy) is 1. The van der Waals surface area contributed by atoms with E-state index >= 15 is 0 Å². The number of rotatable bonds is 5. The van der Waals surface area contributed by atoms with Crippen LogP contribution in [0.4, 0.5) is 0 Å². The number of hydrogen-bond donors (Lipinski definition) is 0. The monoisotopic (exact) mass is 240 g/mol. The quantitative estimate of drug-likeness (QED) is 0.751. The molecule has 0 N–H and O–H groups in total. The predicted octanol–water partition coefficient (Wildman–Crippen LogP) is 3.11. The molecule has 0 heterocycles. The van der Waals surface area contributed by atoms with Gasteiger partial charge in [0, 0.05) is 12.7 Å². The second kappa shape index (κ2) is 6.12. The third-order valence-corrected chi connectivity index (χ3v) is 2.83. The summed E-state index contributed by atoms with van der Waals surface area (Å²) in [5.41, 5.74) is 3.00. The molecule has 0 aliphatic carbocycles. The Morgan fingerprint density at radius 2 is 1.67 bits per heavy atom. The molecule has 0 unspecified atom stereocenters. The average Bonchev–Trinajstić information content (AvgIpc) is 2.41. The maximum atomic E-state index is 11.9. The summed E-state index contributed by atoms with van der Waals surface area (Å²) in [4.78, 5) is 11.9. The number of hydrogen-bond acceptors (Lipinski definition) is 2. The molecule has 0 amide bonds.